The molecule has 55 heavy (non-hydrogen) atoms. The van der Waals surface area contributed by atoms with E-state index in [9.17, 15) is 9.90 Å². The van der Waals surface area contributed by atoms with Crippen molar-refractivity contribution in [3.63, 3.8) is 0 Å². The summed E-state index contributed by atoms with van der Waals surface area (Å²) in [5.74, 6) is 2.53. The van der Waals surface area contributed by atoms with Crippen LogP contribution in [0.4, 0.5) is 0 Å². The Bertz CT molecular complexity index is 1830. The molecule has 5 heteroatoms. The molecule has 2 N–H and O–H groups in total. The van der Waals surface area contributed by atoms with Crippen LogP contribution in [0, 0.1) is 51.2 Å². The van der Waals surface area contributed by atoms with E-state index < -0.39 is 5.97 Å². The fourth-order valence-corrected chi connectivity index (χ4v) is 15.9. The first-order valence-electron chi connectivity index (χ1n) is 22.2. The SMILES string of the molecule is C=C(C)[C@@H]1CC[C@]2(NCCN3C[C@@H]4C[C@@H]3CN4Cc3ccccc3)CC[C@]3(C)[C@H](CC[C@@H]4[C@@]5(C)CC=C(c6ccc(C(=O)O)cc6)C(C)(C)[C@@H]5CC[C@]43C)[C@@H]12. The molecule has 5 aliphatic carbocycles. The van der Waals surface area contributed by atoms with Gasteiger partial charge in [-0.2, -0.15) is 0 Å². The molecular formula is C50H69N3O2. The largest absolute Gasteiger partial charge is 0.478 e. The lowest BCUT2D eigenvalue weighted by Crippen LogP contribution is -2.68. The Balaban J connectivity index is 0.919. The van der Waals surface area contributed by atoms with Gasteiger partial charge < -0.3 is 10.4 Å². The van der Waals surface area contributed by atoms with Crippen molar-refractivity contribution in [1.82, 2.24) is 15.1 Å². The number of nitrogens with one attached hydrogen (secondary N) is 1. The van der Waals surface area contributed by atoms with Gasteiger partial charge in [0.1, 0.15) is 0 Å². The van der Waals surface area contributed by atoms with Gasteiger partial charge in [0, 0.05) is 50.3 Å². The second-order valence-electron chi connectivity index (χ2n) is 21.1. The lowest BCUT2D eigenvalue weighted by Gasteiger charge is -2.72. The fraction of sp³-hybridized carbons (Fsp3) is 0.660. The molecule has 0 unspecified atom stereocenters. The summed E-state index contributed by atoms with van der Waals surface area (Å²) in [7, 11) is 0. The summed E-state index contributed by atoms with van der Waals surface area (Å²) >= 11 is 0. The monoisotopic (exact) mass is 744 g/mol. The average Bonchev–Trinajstić information content (AvgIpc) is 3.85. The van der Waals surface area contributed by atoms with Crippen LogP contribution >= 0.6 is 0 Å². The fourth-order valence-electron chi connectivity index (χ4n) is 15.9. The van der Waals surface area contributed by atoms with Crippen LogP contribution in [-0.4, -0.2) is 64.7 Å². The maximum absolute atomic E-state index is 11.6. The van der Waals surface area contributed by atoms with Gasteiger partial charge in [0.2, 0.25) is 0 Å². The smallest absolute Gasteiger partial charge is 0.335 e. The van der Waals surface area contributed by atoms with Crippen molar-refractivity contribution in [2.24, 2.45) is 51.2 Å². The van der Waals surface area contributed by atoms with Crippen molar-refractivity contribution in [2.75, 3.05) is 26.2 Å². The third-order valence-corrected chi connectivity index (χ3v) is 18.7. The van der Waals surface area contributed by atoms with Crippen LogP contribution in [0.3, 0.4) is 0 Å². The molecule has 4 saturated carbocycles. The minimum Gasteiger partial charge on any atom is -0.478 e. The number of carbonyl (C=O) groups is 1. The minimum atomic E-state index is -0.852. The Morgan fingerprint density at radius 2 is 1.56 bits per heavy atom. The number of fused-ring (bicyclic) bond motifs is 9. The molecule has 2 bridgehead atoms. The summed E-state index contributed by atoms with van der Waals surface area (Å²) < 4.78 is 0. The average molecular weight is 744 g/mol. The summed E-state index contributed by atoms with van der Waals surface area (Å²) in [6, 6.07) is 20.2. The quantitative estimate of drug-likeness (QED) is 0.251. The standard InChI is InChI=1S/C50H69N3O2/c1-33(2)39-19-24-50(51-27-28-52-31-38-29-37(52)32-53(38)30-34-11-9-8-10-12-34)26-25-48(6)41(44(39)50)17-18-43-47(5)22-20-40(35-13-15-36(16-14-35)45(54)55)46(3,4)42(47)21-23-49(43,48)7/h8-16,20,37-39,41-44,51H,1,17-19,21-32H2,2-7H3,(H,54,55)/t37-,38+,39+,41-,42+,43-,44-,47+,48-,49-,50+/m1/s1. The Labute approximate surface area is 332 Å². The number of piperazine rings is 1. The Morgan fingerprint density at radius 3 is 2.25 bits per heavy atom. The van der Waals surface area contributed by atoms with Crippen LogP contribution in [0.5, 0.6) is 0 Å². The normalized spacial score (nSPS) is 41.9. The Kier molecular flexibility index (Phi) is 9.23. The molecule has 0 radical (unpaired) electrons. The Morgan fingerprint density at radius 1 is 0.836 bits per heavy atom. The minimum absolute atomic E-state index is 0.0357. The van der Waals surface area contributed by atoms with Crippen molar-refractivity contribution in [3.8, 4) is 0 Å². The predicted molar refractivity (Wildman–Crippen MR) is 225 cm³/mol. The summed E-state index contributed by atoms with van der Waals surface area (Å²) in [5, 5.41) is 13.9. The van der Waals surface area contributed by atoms with Gasteiger partial charge in [-0.05, 0) is 151 Å². The van der Waals surface area contributed by atoms with Crippen molar-refractivity contribution >= 4 is 11.5 Å². The third-order valence-electron chi connectivity index (χ3n) is 18.7. The van der Waals surface area contributed by atoms with Gasteiger partial charge in [-0.25, -0.2) is 4.79 Å². The number of allylic oxidation sites excluding steroid dienone is 3. The molecule has 2 aromatic rings. The number of carboxylic acid groups (broad SMARTS) is 1. The van der Waals surface area contributed by atoms with E-state index in [0.29, 0.717) is 52.1 Å². The highest BCUT2D eigenvalue weighted by molar-refractivity contribution is 5.88. The summed E-state index contributed by atoms with van der Waals surface area (Å²) in [4.78, 5) is 17.2. The third kappa shape index (κ3) is 5.74. The Hall–Kier alpha value is -2.73. The second kappa shape index (κ2) is 13.4. The molecule has 0 amide bonds. The molecule has 296 valence electrons. The predicted octanol–water partition coefficient (Wildman–Crippen LogP) is 10.3. The number of likely N-dealkylation sites (tertiary alicyclic amines) is 2. The zero-order valence-electron chi connectivity index (χ0n) is 34.9. The molecule has 9 rings (SSSR count). The van der Waals surface area contributed by atoms with E-state index in [1.54, 1.807) is 12.1 Å². The van der Waals surface area contributed by atoms with Crippen LogP contribution in [0.15, 0.2) is 72.8 Å². The summed E-state index contributed by atoms with van der Waals surface area (Å²) in [6.07, 6.45) is 15.6. The van der Waals surface area contributed by atoms with Crippen LogP contribution in [0.1, 0.15) is 127 Å². The molecule has 0 spiro atoms. The topological polar surface area (TPSA) is 55.8 Å². The number of carboxylic acids is 1. The molecule has 5 nitrogen and oxygen atoms in total. The highest BCUT2D eigenvalue weighted by Crippen LogP contribution is 2.76. The molecular weight excluding hydrogens is 675 g/mol. The van der Waals surface area contributed by atoms with Gasteiger partial charge in [-0.15, -0.1) is 0 Å². The van der Waals surface area contributed by atoms with Gasteiger partial charge in [0.05, 0.1) is 5.56 Å². The number of nitrogens with zero attached hydrogens (tertiary/aromatic N) is 2. The van der Waals surface area contributed by atoms with E-state index in [1.165, 1.54) is 99.7 Å². The molecule has 7 aliphatic rings. The highest BCUT2D eigenvalue weighted by atomic mass is 16.4. The van der Waals surface area contributed by atoms with Crippen LogP contribution in [0.2, 0.25) is 0 Å². The van der Waals surface area contributed by atoms with E-state index in [2.05, 4.69) is 112 Å². The number of rotatable bonds is 9. The van der Waals surface area contributed by atoms with Crippen molar-refractivity contribution in [1.29, 1.82) is 0 Å². The summed E-state index contributed by atoms with van der Waals surface area (Å²) in [6.45, 7) is 26.1. The van der Waals surface area contributed by atoms with Crippen LogP contribution in [0.25, 0.3) is 5.57 Å². The van der Waals surface area contributed by atoms with Gasteiger partial charge >= 0.3 is 5.97 Å². The molecule has 2 saturated heterocycles. The van der Waals surface area contributed by atoms with Crippen LogP contribution in [-0.2, 0) is 6.54 Å². The van der Waals surface area contributed by atoms with Crippen molar-refractivity contribution in [2.45, 2.75) is 130 Å². The molecule has 11 atom stereocenters. The first-order valence-corrected chi connectivity index (χ1v) is 22.2. The molecule has 6 fully saturated rings. The zero-order valence-corrected chi connectivity index (χ0v) is 34.9. The second-order valence-corrected chi connectivity index (χ2v) is 21.1. The van der Waals surface area contributed by atoms with Gasteiger partial charge in [0.15, 0.2) is 0 Å². The highest BCUT2D eigenvalue weighted by Gasteiger charge is 2.70. The zero-order chi connectivity index (χ0) is 38.5. The molecule has 2 aliphatic heterocycles. The van der Waals surface area contributed by atoms with Crippen molar-refractivity contribution < 1.29 is 9.90 Å². The number of hydrogen-bond acceptors (Lipinski definition) is 4. The van der Waals surface area contributed by atoms with E-state index in [1.807, 2.05) is 0 Å². The maximum atomic E-state index is 11.6. The number of benzene rings is 2. The maximum Gasteiger partial charge on any atom is 0.335 e. The van der Waals surface area contributed by atoms with E-state index in [4.69, 9.17) is 0 Å². The molecule has 2 heterocycles. The van der Waals surface area contributed by atoms with Crippen molar-refractivity contribution in [3.05, 3.63) is 89.5 Å². The molecule has 0 aromatic heterocycles. The lowest BCUT2D eigenvalue weighted by atomic mass is 9.33. The van der Waals surface area contributed by atoms with Gasteiger partial charge in [0.25, 0.3) is 0 Å². The van der Waals surface area contributed by atoms with Gasteiger partial charge in [-0.3, -0.25) is 9.80 Å². The first kappa shape index (κ1) is 37.8. The van der Waals surface area contributed by atoms with E-state index >= 15 is 0 Å². The molecule has 2 aromatic carbocycles. The lowest BCUT2D eigenvalue weighted by molar-refractivity contribution is -0.219. The number of aromatic carboxylic acids is 1. The number of hydrogen-bond donors (Lipinski definition) is 2. The first-order chi connectivity index (χ1) is 26.2. The van der Waals surface area contributed by atoms with E-state index in [-0.39, 0.29) is 16.4 Å². The van der Waals surface area contributed by atoms with Gasteiger partial charge in [-0.1, -0.05) is 95.3 Å². The van der Waals surface area contributed by atoms with E-state index in [0.717, 1.165) is 25.4 Å². The van der Waals surface area contributed by atoms with Crippen LogP contribution < -0.4 is 5.32 Å². The summed E-state index contributed by atoms with van der Waals surface area (Å²) in [5.41, 5.74) is 7.06.